The highest BCUT2D eigenvalue weighted by Gasteiger charge is 2.25. The van der Waals surface area contributed by atoms with E-state index in [9.17, 15) is 9.59 Å². The van der Waals surface area contributed by atoms with Crippen LogP contribution in [0, 0.1) is 0 Å². The second-order valence-electron chi connectivity index (χ2n) is 17.1. The zero-order chi connectivity index (χ0) is 47.4. The summed E-state index contributed by atoms with van der Waals surface area (Å²) in [5, 5.41) is 8.98. The number of carbonyl (C=O) groups is 2. The third-order valence-corrected chi connectivity index (χ3v) is 12.5. The quantitative estimate of drug-likeness (QED) is 0.147. The van der Waals surface area contributed by atoms with E-state index in [1.54, 1.807) is 24.3 Å². The van der Waals surface area contributed by atoms with Crippen LogP contribution in [0.15, 0.2) is 72.8 Å². The molecule has 3 aromatic carbocycles. The standard InChI is InChI=1S/C31H39N9O4.C17H22N6O2/c1-32-24-10-12-38(13-11-24)28(41)23-4-8-26(9-5-23)34-31(42)33-25-6-2-22(3-7-25)27-35-29(39-14-18-43-19-15-39)37-30(36-27)40-16-20-44-21-17-40;18-14-3-1-13(2-4-14)15-19-16(22-5-9-24-10-6-22)21-17(20-15)23-7-11-25-12-8-23/h2-9,24,32H,10-21H2,1H3,(H2,33,34,42);1-4H,5-12,18H2. The summed E-state index contributed by atoms with van der Waals surface area (Å²) in [5.74, 6) is 3.92. The van der Waals surface area contributed by atoms with Gasteiger partial charge in [0, 0.05) is 105 Å². The zero-order valence-electron chi connectivity index (χ0n) is 39.1. The first kappa shape index (κ1) is 47.3. The molecule has 10 rings (SSSR count). The molecule has 5 N–H and O–H groups in total. The van der Waals surface area contributed by atoms with Gasteiger partial charge in [0.25, 0.3) is 5.91 Å². The summed E-state index contributed by atoms with van der Waals surface area (Å²) in [6.45, 7) is 12.8. The zero-order valence-corrected chi connectivity index (χ0v) is 39.1. The van der Waals surface area contributed by atoms with E-state index in [1.807, 2.05) is 60.5 Å². The maximum Gasteiger partial charge on any atom is 0.323 e. The lowest BCUT2D eigenvalue weighted by Crippen LogP contribution is -2.43. The number of urea groups is 1. The average Bonchev–Trinajstić information content (AvgIpc) is 3.42. The van der Waals surface area contributed by atoms with Crippen LogP contribution in [0.25, 0.3) is 22.8 Å². The highest BCUT2D eigenvalue weighted by atomic mass is 16.5. The van der Waals surface area contributed by atoms with Crippen LogP contribution in [0.2, 0.25) is 0 Å². The Kier molecular flexibility index (Phi) is 15.8. The molecule has 7 heterocycles. The Morgan fingerprint density at radius 1 is 0.493 bits per heavy atom. The molecule has 5 fully saturated rings. The predicted molar refractivity (Wildman–Crippen MR) is 264 cm³/mol. The third-order valence-electron chi connectivity index (χ3n) is 12.5. The Balaban J connectivity index is 0.000000200. The van der Waals surface area contributed by atoms with E-state index in [0.29, 0.717) is 111 Å². The lowest BCUT2D eigenvalue weighted by Gasteiger charge is -2.31. The summed E-state index contributed by atoms with van der Waals surface area (Å²) >= 11 is 0. The van der Waals surface area contributed by atoms with Crippen molar-refractivity contribution in [1.82, 2.24) is 40.1 Å². The number of benzene rings is 3. The Morgan fingerprint density at radius 3 is 1.20 bits per heavy atom. The first-order valence-corrected chi connectivity index (χ1v) is 23.8. The van der Waals surface area contributed by atoms with Crippen molar-refractivity contribution in [3.8, 4) is 22.8 Å². The second kappa shape index (κ2) is 23.0. The van der Waals surface area contributed by atoms with Crippen LogP contribution >= 0.6 is 0 Å². The number of piperidine rings is 1. The molecule has 5 aliphatic rings. The topological polar surface area (TPSA) is 227 Å². The van der Waals surface area contributed by atoms with Crippen molar-refractivity contribution < 1.29 is 28.5 Å². The number of hydrogen-bond acceptors (Lipinski definition) is 18. The number of morpholine rings is 4. The predicted octanol–water partition coefficient (Wildman–Crippen LogP) is 3.47. The van der Waals surface area contributed by atoms with Crippen LogP contribution in [-0.2, 0) is 18.9 Å². The van der Waals surface area contributed by atoms with Gasteiger partial charge in [0.15, 0.2) is 11.6 Å². The molecule has 0 bridgehead atoms. The fourth-order valence-corrected chi connectivity index (χ4v) is 8.46. The fourth-order valence-electron chi connectivity index (χ4n) is 8.46. The van der Waals surface area contributed by atoms with Crippen molar-refractivity contribution in [2.24, 2.45) is 0 Å². The van der Waals surface area contributed by atoms with Crippen LogP contribution < -0.4 is 41.3 Å². The smallest absolute Gasteiger partial charge is 0.323 e. The lowest BCUT2D eigenvalue weighted by atomic mass is 10.0. The number of aromatic nitrogens is 6. The van der Waals surface area contributed by atoms with Gasteiger partial charge in [0.1, 0.15) is 0 Å². The molecule has 0 spiro atoms. The van der Waals surface area contributed by atoms with Crippen LogP contribution in [0.4, 0.5) is 45.7 Å². The van der Waals surface area contributed by atoms with Crippen molar-refractivity contribution in [2.75, 3.05) is 161 Å². The molecule has 0 atom stereocenters. The summed E-state index contributed by atoms with van der Waals surface area (Å²) in [5.41, 5.74) is 10.1. The number of carbonyl (C=O) groups excluding carboxylic acids is 2. The van der Waals surface area contributed by atoms with Crippen LogP contribution in [0.1, 0.15) is 23.2 Å². The monoisotopic (exact) mass is 943 g/mol. The number of nitrogen functional groups attached to an aromatic ring is 1. The molecular weight excluding hydrogens is 883 g/mol. The molecule has 5 saturated heterocycles. The number of nitrogens with one attached hydrogen (secondary N) is 3. The minimum Gasteiger partial charge on any atom is -0.399 e. The number of nitrogens with two attached hydrogens (primary N) is 1. The third kappa shape index (κ3) is 12.5. The van der Waals surface area contributed by atoms with Gasteiger partial charge in [-0.3, -0.25) is 4.79 Å². The molecule has 21 heteroatoms. The summed E-state index contributed by atoms with van der Waals surface area (Å²) in [6.07, 6.45) is 1.90. The van der Waals surface area contributed by atoms with Crippen LogP contribution in [-0.4, -0.2) is 178 Å². The number of likely N-dealkylation sites (tertiary alicyclic amines) is 1. The lowest BCUT2D eigenvalue weighted by molar-refractivity contribution is 0.0707. The second-order valence-corrected chi connectivity index (χ2v) is 17.1. The van der Waals surface area contributed by atoms with E-state index in [4.69, 9.17) is 54.6 Å². The number of nitrogens with zero attached hydrogens (tertiary/aromatic N) is 11. The minimum atomic E-state index is -0.379. The summed E-state index contributed by atoms with van der Waals surface area (Å²) in [7, 11) is 1.96. The number of amides is 3. The Hall–Kier alpha value is -6.78. The van der Waals surface area contributed by atoms with E-state index in [1.165, 1.54) is 0 Å². The van der Waals surface area contributed by atoms with Gasteiger partial charge in [-0.05, 0) is 92.7 Å². The van der Waals surface area contributed by atoms with Crippen LogP contribution in [0.5, 0.6) is 0 Å². The number of hydrogen-bond donors (Lipinski definition) is 4. The molecular formula is C48H61N15O6. The highest BCUT2D eigenvalue weighted by Crippen LogP contribution is 2.26. The van der Waals surface area contributed by atoms with Gasteiger partial charge < -0.3 is 65.1 Å². The first-order valence-electron chi connectivity index (χ1n) is 23.8. The summed E-state index contributed by atoms with van der Waals surface area (Å²) < 4.78 is 21.9. The Morgan fingerprint density at radius 2 is 0.841 bits per heavy atom. The molecule has 364 valence electrons. The van der Waals surface area contributed by atoms with Gasteiger partial charge in [-0.25, -0.2) is 4.79 Å². The molecule has 0 unspecified atom stereocenters. The number of rotatable bonds is 10. The molecule has 0 radical (unpaired) electrons. The van der Waals surface area contributed by atoms with E-state index in [2.05, 4.69) is 35.6 Å². The summed E-state index contributed by atoms with van der Waals surface area (Å²) in [6, 6.07) is 22.1. The molecule has 5 aliphatic heterocycles. The van der Waals surface area contributed by atoms with Gasteiger partial charge in [0.2, 0.25) is 23.8 Å². The molecule has 5 aromatic rings. The minimum absolute atomic E-state index is 0.0166. The highest BCUT2D eigenvalue weighted by molar-refractivity contribution is 6.00. The van der Waals surface area contributed by atoms with E-state index in [-0.39, 0.29) is 11.9 Å². The first-order chi connectivity index (χ1) is 33.8. The molecule has 69 heavy (non-hydrogen) atoms. The molecule has 21 nitrogen and oxygen atoms in total. The average molecular weight is 944 g/mol. The molecule has 0 aliphatic carbocycles. The van der Waals surface area contributed by atoms with Crippen LogP contribution in [0.3, 0.4) is 0 Å². The van der Waals surface area contributed by atoms with Gasteiger partial charge in [-0.1, -0.05) is 0 Å². The SMILES string of the molecule is CNC1CCN(C(=O)c2ccc(NC(=O)Nc3ccc(-c4nc(N5CCOCC5)nc(N5CCOCC5)n4)cc3)cc2)CC1.Nc1ccc(-c2nc(N3CCOCC3)nc(N3CCOCC3)n2)cc1. The molecule has 3 amide bonds. The fraction of sp³-hybridized carbons (Fsp3) is 0.458. The largest absolute Gasteiger partial charge is 0.399 e. The van der Waals surface area contributed by atoms with Crippen molar-refractivity contribution >= 4 is 52.8 Å². The van der Waals surface area contributed by atoms with E-state index < -0.39 is 0 Å². The van der Waals surface area contributed by atoms with Crippen molar-refractivity contribution in [3.63, 3.8) is 0 Å². The van der Waals surface area contributed by atoms with Gasteiger partial charge in [-0.15, -0.1) is 0 Å². The maximum absolute atomic E-state index is 12.9. The Labute approximate surface area is 401 Å². The summed E-state index contributed by atoms with van der Waals surface area (Å²) in [4.78, 5) is 64.5. The Bertz CT molecular complexity index is 2380. The van der Waals surface area contributed by atoms with Crippen molar-refractivity contribution in [2.45, 2.75) is 18.9 Å². The van der Waals surface area contributed by atoms with Crippen molar-refractivity contribution in [3.05, 3.63) is 78.4 Å². The van der Waals surface area contributed by atoms with Gasteiger partial charge in [0.05, 0.1) is 52.9 Å². The number of anilines is 7. The normalized spacial score (nSPS) is 18.0. The van der Waals surface area contributed by atoms with E-state index in [0.717, 1.165) is 95.1 Å². The molecule has 2 aromatic heterocycles. The number of ether oxygens (including phenoxy) is 4. The molecule has 0 saturated carbocycles. The maximum atomic E-state index is 12.9. The van der Waals surface area contributed by atoms with E-state index >= 15 is 0 Å². The van der Waals surface area contributed by atoms with Gasteiger partial charge in [-0.2, -0.15) is 29.9 Å². The van der Waals surface area contributed by atoms with Crippen molar-refractivity contribution in [1.29, 1.82) is 0 Å². The van der Waals surface area contributed by atoms with Gasteiger partial charge >= 0.3 is 6.03 Å².